The van der Waals surface area contributed by atoms with Crippen molar-refractivity contribution < 1.29 is 5.11 Å². The van der Waals surface area contributed by atoms with Crippen molar-refractivity contribution in [2.75, 3.05) is 5.32 Å². The molecule has 2 aromatic carbocycles. The Balaban J connectivity index is 1.70. The first kappa shape index (κ1) is 13.2. The van der Waals surface area contributed by atoms with E-state index in [4.69, 9.17) is 0 Å². The summed E-state index contributed by atoms with van der Waals surface area (Å²) < 4.78 is 0. The molecule has 0 spiro atoms. The summed E-state index contributed by atoms with van der Waals surface area (Å²) in [6.45, 7) is 2.49. The summed E-state index contributed by atoms with van der Waals surface area (Å²) >= 11 is 0. The van der Waals surface area contributed by atoms with Crippen molar-refractivity contribution in [2.45, 2.75) is 13.5 Å². The smallest absolute Gasteiger partial charge is 0.123 e. The second-order valence-corrected chi connectivity index (χ2v) is 4.98. The van der Waals surface area contributed by atoms with Gasteiger partial charge in [0.2, 0.25) is 0 Å². The van der Waals surface area contributed by atoms with Gasteiger partial charge in [-0.05, 0) is 36.2 Å². The minimum Gasteiger partial charge on any atom is -0.507 e. The number of phenolic OH excluding ortho intramolecular Hbond substituents is 1. The molecule has 0 atom stereocenters. The fourth-order valence-corrected chi connectivity index (χ4v) is 2.24. The first-order valence-corrected chi connectivity index (χ1v) is 6.85. The molecule has 21 heavy (non-hydrogen) atoms. The summed E-state index contributed by atoms with van der Waals surface area (Å²) in [7, 11) is 0. The molecule has 3 aromatic rings. The first-order chi connectivity index (χ1) is 10.2. The van der Waals surface area contributed by atoms with E-state index in [0.29, 0.717) is 12.3 Å². The van der Waals surface area contributed by atoms with Crippen LogP contribution >= 0.6 is 0 Å². The minimum absolute atomic E-state index is 0.360. The Morgan fingerprint density at radius 2 is 1.90 bits per heavy atom. The number of nitrogens with zero attached hydrogens (tertiary/aromatic N) is 1. The van der Waals surface area contributed by atoms with Crippen LogP contribution in [-0.4, -0.2) is 15.3 Å². The van der Waals surface area contributed by atoms with Gasteiger partial charge in [-0.1, -0.05) is 30.3 Å². The number of aromatic amines is 1. The molecule has 0 aliphatic heterocycles. The lowest BCUT2D eigenvalue weighted by atomic mass is 10.1. The van der Waals surface area contributed by atoms with E-state index in [1.807, 2.05) is 55.5 Å². The molecule has 4 heteroatoms. The predicted molar refractivity (Wildman–Crippen MR) is 84.2 cm³/mol. The number of H-pyrrole nitrogens is 1. The highest BCUT2D eigenvalue weighted by Gasteiger charge is 2.04. The first-order valence-electron chi connectivity index (χ1n) is 6.85. The third kappa shape index (κ3) is 2.89. The van der Waals surface area contributed by atoms with Crippen molar-refractivity contribution in [3.63, 3.8) is 0 Å². The second-order valence-electron chi connectivity index (χ2n) is 4.98. The van der Waals surface area contributed by atoms with E-state index >= 15 is 0 Å². The monoisotopic (exact) mass is 279 g/mol. The van der Waals surface area contributed by atoms with Crippen LogP contribution in [0.4, 0.5) is 5.69 Å². The van der Waals surface area contributed by atoms with Gasteiger partial charge in [0.05, 0.1) is 5.69 Å². The van der Waals surface area contributed by atoms with Gasteiger partial charge in [0, 0.05) is 24.0 Å². The minimum atomic E-state index is 0.360. The molecule has 0 amide bonds. The lowest BCUT2D eigenvalue weighted by Gasteiger charge is -2.10. The molecule has 0 radical (unpaired) electrons. The molecule has 3 rings (SSSR count). The van der Waals surface area contributed by atoms with Gasteiger partial charge in [-0.15, -0.1) is 0 Å². The third-order valence-corrected chi connectivity index (χ3v) is 3.50. The third-order valence-electron chi connectivity index (χ3n) is 3.50. The van der Waals surface area contributed by atoms with Crippen molar-refractivity contribution >= 4 is 5.69 Å². The number of aromatic hydroxyl groups is 1. The average Bonchev–Trinajstić information content (AvgIpc) is 3.04. The zero-order valence-corrected chi connectivity index (χ0v) is 11.8. The van der Waals surface area contributed by atoms with Gasteiger partial charge in [0.1, 0.15) is 5.75 Å². The number of benzene rings is 2. The van der Waals surface area contributed by atoms with Crippen LogP contribution in [0.1, 0.15) is 11.1 Å². The molecule has 0 saturated carbocycles. The molecule has 4 nitrogen and oxygen atoms in total. The van der Waals surface area contributed by atoms with Crippen molar-refractivity contribution in [3.05, 3.63) is 65.9 Å². The van der Waals surface area contributed by atoms with Gasteiger partial charge in [0.25, 0.3) is 0 Å². The normalized spacial score (nSPS) is 10.5. The molecule has 1 heterocycles. The summed E-state index contributed by atoms with van der Waals surface area (Å²) in [4.78, 5) is 0. The predicted octanol–water partition coefficient (Wildman–Crippen LogP) is 3.70. The quantitative estimate of drug-likeness (QED) is 0.682. The summed E-state index contributed by atoms with van der Waals surface area (Å²) in [5, 5.41) is 20.2. The fourth-order valence-electron chi connectivity index (χ4n) is 2.24. The van der Waals surface area contributed by atoms with E-state index in [1.165, 1.54) is 0 Å². The number of rotatable bonds is 4. The van der Waals surface area contributed by atoms with Crippen LogP contribution in [0, 0.1) is 6.92 Å². The Kier molecular flexibility index (Phi) is 3.60. The van der Waals surface area contributed by atoms with Gasteiger partial charge >= 0.3 is 0 Å². The lowest BCUT2D eigenvalue weighted by Crippen LogP contribution is -2.00. The van der Waals surface area contributed by atoms with Gasteiger partial charge < -0.3 is 10.4 Å². The van der Waals surface area contributed by atoms with E-state index in [1.54, 1.807) is 6.20 Å². The van der Waals surface area contributed by atoms with Gasteiger partial charge in [0.15, 0.2) is 0 Å². The van der Waals surface area contributed by atoms with Crippen molar-refractivity contribution in [1.29, 1.82) is 0 Å². The van der Waals surface area contributed by atoms with E-state index in [2.05, 4.69) is 15.5 Å². The summed E-state index contributed by atoms with van der Waals surface area (Å²) in [6.07, 6.45) is 1.74. The summed E-state index contributed by atoms with van der Waals surface area (Å²) in [5.41, 5.74) is 4.89. The summed E-state index contributed by atoms with van der Waals surface area (Å²) in [6, 6.07) is 15.8. The fraction of sp³-hybridized carbons (Fsp3) is 0.118. The maximum absolute atomic E-state index is 9.99. The van der Waals surface area contributed by atoms with Crippen LogP contribution in [0.15, 0.2) is 54.7 Å². The Labute approximate surface area is 123 Å². The molecule has 0 saturated heterocycles. The molecular weight excluding hydrogens is 262 g/mol. The molecule has 0 bridgehead atoms. The SMILES string of the molecule is Cc1cccc(CNc2ccc(-c3ccn[nH]3)cc2)c1O. The molecule has 3 N–H and O–H groups in total. The van der Waals surface area contributed by atoms with Crippen LogP contribution in [-0.2, 0) is 6.54 Å². The maximum Gasteiger partial charge on any atom is 0.123 e. The van der Waals surface area contributed by atoms with Crippen LogP contribution in [0.5, 0.6) is 5.75 Å². The lowest BCUT2D eigenvalue weighted by molar-refractivity contribution is 0.465. The number of nitrogens with one attached hydrogen (secondary N) is 2. The standard InChI is InChI=1S/C17H17N3O/c1-12-3-2-4-14(17(12)21)11-18-15-7-5-13(6-8-15)16-9-10-19-20-16/h2-10,18,21H,11H2,1H3,(H,19,20). The van der Waals surface area contributed by atoms with Crippen molar-refractivity contribution in [3.8, 4) is 17.0 Å². The molecule has 0 unspecified atom stereocenters. The highest BCUT2D eigenvalue weighted by Crippen LogP contribution is 2.23. The number of hydrogen-bond donors (Lipinski definition) is 3. The van der Waals surface area contributed by atoms with E-state index in [9.17, 15) is 5.11 Å². The van der Waals surface area contributed by atoms with E-state index in [0.717, 1.165) is 28.1 Å². The summed E-state index contributed by atoms with van der Waals surface area (Å²) in [5.74, 6) is 0.360. The van der Waals surface area contributed by atoms with E-state index < -0.39 is 0 Å². The Hall–Kier alpha value is -2.75. The number of phenols is 1. The Bertz CT molecular complexity index is 718. The van der Waals surface area contributed by atoms with Crippen molar-refractivity contribution in [1.82, 2.24) is 10.2 Å². The topological polar surface area (TPSA) is 60.9 Å². The average molecular weight is 279 g/mol. The number of anilines is 1. The highest BCUT2D eigenvalue weighted by atomic mass is 16.3. The molecule has 0 fully saturated rings. The number of hydrogen-bond acceptors (Lipinski definition) is 3. The molecule has 0 aliphatic rings. The molecule has 106 valence electrons. The van der Waals surface area contributed by atoms with Crippen molar-refractivity contribution in [2.24, 2.45) is 0 Å². The molecular formula is C17H17N3O. The van der Waals surface area contributed by atoms with Gasteiger partial charge in [-0.25, -0.2) is 0 Å². The van der Waals surface area contributed by atoms with Gasteiger partial charge in [-0.2, -0.15) is 5.10 Å². The second kappa shape index (κ2) is 5.71. The van der Waals surface area contributed by atoms with Crippen LogP contribution < -0.4 is 5.32 Å². The largest absolute Gasteiger partial charge is 0.507 e. The Morgan fingerprint density at radius 3 is 2.62 bits per heavy atom. The highest BCUT2D eigenvalue weighted by molar-refractivity contribution is 5.62. The molecule has 0 aliphatic carbocycles. The van der Waals surface area contributed by atoms with Crippen LogP contribution in [0.3, 0.4) is 0 Å². The zero-order valence-electron chi connectivity index (χ0n) is 11.8. The van der Waals surface area contributed by atoms with Crippen LogP contribution in [0.25, 0.3) is 11.3 Å². The zero-order chi connectivity index (χ0) is 14.7. The van der Waals surface area contributed by atoms with E-state index in [-0.39, 0.29) is 0 Å². The molecule has 1 aromatic heterocycles. The number of para-hydroxylation sites is 1. The van der Waals surface area contributed by atoms with Gasteiger partial charge in [-0.3, -0.25) is 5.10 Å². The van der Waals surface area contributed by atoms with Crippen LogP contribution in [0.2, 0.25) is 0 Å². The number of aromatic nitrogens is 2. The maximum atomic E-state index is 9.99. The number of aryl methyl sites for hydroxylation is 1. The Morgan fingerprint density at radius 1 is 1.10 bits per heavy atom.